The molecule has 0 spiro atoms. The van der Waals surface area contributed by atoms with E-state index in [2.05, 4.69) is 39.6 Å². The molecule has 92 valence electrons. The third kappa shape index (κ3) is 6.16. The molecule has 15 heavy (non-hydrogen) atoms. The van der Waals surface area contributed by atoms with E-state index in [9.17, 15) is 0 Å². The van der Waals surface area contributed by atoms with E-state index in [1.807, 2.05) is 0 Å². The smallest absolute Gasteiger partial charge is 0.0218 e. The van der Waals surface area contributed by atoms with Crippen LogP contribution in [0, 0.1) is 5.92 Å². The molecular formula is C13H30N2. The van der Waals surface area contributed by atoms with Crippen molar-refractivity contribution in [1.29, 1.82) is 0 Å². The van der Waals surface area contributed by atoms with Crippen LogP contribution >= 0.6 is 0 Å². The molecule has 0 aliphatic heterocycles. The SMILES string of the molecule is CCCCC(CN)N(C)C(C)CC(C)C. The summed E-state index contributed by atoms with van der Waals surface area (Å²) in [5.74, 6) is 0.770. The average Bonchev–Trinajstić information content (AvgIpc) is 2.17. The van der Waals surface area contributed by atoms with E-state index in [-0.39, 0.29) is 0 Å². The Bertz CT molecular complexity index is 145. The van der Waals surface area contributed by atoms with Gasteiger partial charge in [0.2, 0.25) is 0 Å². The van der Waals surface area contributed by atoms with Crippen LogP contribution in [0.25, 0.3) is 0 Å². The van der Waals surface area contributed by atoms with Gasteiger partial charge in [-0.1, -0.05) is 33.6 Å². The molecule has 0 saturated heterocycles. The van der Waals surface area contributed by atoms with Gasteiger partial charge < -0.3 is 5.73 Å². The summed E-state index contributed by atoms with van der Waals surface area (Å²) in [4.78, 5) is 2.47. The van der Waals surface area contributed by atoms with Crippen molar-refractivity contribution in [2.24, 2.45) is 11.7 Å². The van der Waals surface area contributed by atoms with Crippen LogP contribution in [0.5, 0.6) is 0 Å². The second kappa shape index (κ2) is 8.12. The number of hydrogen-bond donors (Lipinski definition) is 1. The van der Waals surface area contributed by atoms with Crippen LogP contribution in [-0.2, 0) is 0 Å². The molecule has 0 radical (unpaired) electrons. The third-order valence-corrected chi connectivity index (χ3v) is 3.25. The molecule has 0 aromatic rings. The van der Waals surface area contributed by atoms with E-state index in [1.54, 1.807) is 0 Å². The van der Waals surface area contributed by atoms with Gasteiger partial charge in [-0.3, -0.25) is 4.90 Å². The maximum atomic E-state index is 5.84. The largest absolute Gasteiger partial charge is 0.329 e. The predicted octanol–water partition coefficient (Wildman–Crippen LogP) is 2.87. The number of nitrogens with two attached hydrogens (primary N) is 1. The number of rotatable bonds is 8. The molecule has 2 nitrogen and oxygen atoms in total. The van der Waals surface area contributed by atoms with E-state index >= 15 is 0 Å². The lowest BCUT2D eigenvalue weighted by atomic mass is 10.0. The first-order chi connectivity index (χ1) is 7.02. The normalized spacial score (nSPS) is 16.0. The van der Waals surface area contributed by atoms with Crippen LogP contribution in [0.4, 0.5) is 0 Å². The highest BCUT2D eigenvalue weighted by molar-refractivity contribution is 4.75. The Balaban J connectivity index is 4.05. The minimum absolute atomic E-state index is 0.568. The molecule has 0 aromatic carbocycles. The van der Waals surface area contributed by atoms with Gasteiger partial charge in [0.05, 0.1) is 0 Å². The first kappa shape index (κ1) is 14.9. The molecule has 2 atom stereocenters. The molecule has 0 rings (SSSR count). The zero-order valence-electron chi connectivity index (χ0n) is 11.3. The highest BCUT2D eigenvalue weighted by Gasteiger charge is 2.18. The van der Waals surface area contributed by atoms with Crippen molar-refractivity contribution in [2.45, 2.75) is 65.5 Å². The van der Waals surface area contributed by atoms with Crippen molar-refractivity contribution in [2.75, 3.05) is 13.6 Å². The van der Waals surface area contributed by atoms with Crippen LogP contribution in [0.15, 0.2) is 0 Å². The van der Waals surface area contributed by atoms with Gasteiger partial charge in [-0.05, 0) is 32.7 Å². The molecule has 2 N–H and O–H groups in total. The molecular weight excluding hydrogens is 184 g/mol. The molecule has 0 aliphatic rings. The van der Waals surface area contributed by atoms with Gasteiger partial charge in [0.1, 0.15) is 0 Å². The molecule has 0 aromatic heterocycles. The van der Waals surface area contributed by atoms with Crippen molar-refractivity contribution in [3.05, 3.63) is 0 Å². The van der Waals surface area contributed by atoms with Crippen molar-refractivity contribution >= 4 is 0 Å². The summed E-state index contributed by atoms with van der Waals surface area (Å²) in [5, 5.41) is 0. The van der Waals surface area contributed by atoms with Gasteiger partial charge in [-0.15, -0.1) is 0 Å². The molecule has 0 bridgehead atoms. The van der Waals surface area contributed by atoms with Crippen molar-refractivity contribution < 1.29 is 0 Å². The Morgan fingerprint density at radius 1 is 1.20 bits per heavy atom. The summed E-state index contributed by atoms with van der Waals surface area (Å²) in [6.45, 7) is 9.92. The summed E-state index contributed by atoms with van der Waals surface area (Å²) < 4.78 is 0. The summed E-state index contributed by atoms with van der Waals surface area (Å²) in [6, 6.07) is 1.22. The molecule has 0 fully saturated rings. The molecule has 2 unspecified atom stereocenters. The van der Waals surface area contributed by atoms with Crippen molar-refractivity contribution in [3.8, 4) is 0 Å². The maximum Gasteiger partial charge on any atom is 0.0218 e. The molecule has 0 heterocycles. The summed E-state index contributed by atoms with van der Waals surface area (Å²) in [6.07, 6.45) is 5.06. The van der Waals surface area contributed by atoms with E-state index in [1.165, 1.54) is 25.7 Å². The zero-order chi connectivity index (χ0) is 11.8. The topological polar surface area (TPSA) is 29.3 Å². The summed E-state index contributed by atoms with van der Waals surface area (Å²) >= 11 is 0. The van der Waals surface area contributed by atoms with Crippen LogP contribution < -0.4 is 5.73 Å². The van der Waals surface area contributed by atoms with Crippen molar-refractivity contribution in [1.82, 2.24) is 4.90 Å². The van der Waals surface area contributed by atoms with Gasteiger partial charge >= 0.3 is 0 Å². The maximum absolute atomic E-state index is 5.84. The fraction of sp³-hybridized carbons (Fsp3) is 1.00. The van der Waals surface area contributed by atoms with Crippen LogP contribution in [0.1, 0.15) is 53.4 Å². The minimum Gasteiger partial charge on any atom is -0.329 e. The van der Waals surface area contributed by atoms with Gasteiger partial charge in [0, 0.05) is 18.6 Å². The molecule has 0 saturated carbocycles. The molecule has 0 aliphatic carbocycles. The number of likely N-dealkylation sites (N-methyl/N-ethyl adjacent to an activating group) is 1. The average molecular weight is 214 g/mol. The first-order valence-corrected chi connectivity index (χ1v) is 6.44. The van der Waals surface area contributed by atoms with Gasteiger partial charge in [-0.25, -0.2) is 0 Å². The number of unbranched alkanes of at least 4 members (excludes halogenated alkanes) is 1. The van der Waals surface area contributed by atoms with E-state index in [4.69, 9.17) is 5.73 Å². The minimum atomic E-state index is 0.568. The third-order valence-electron chi connectivity index (χ3n) is 3.25. The Morgan fingerprint density at radius 3 is 2.20 bits per heavy atom. The Kier molecular flexibility index (Phi) is 8.07. The lowest BCUT2D eigenvalue weighted by Crippen LogP contribution is -2.43. The van der Waals surface area contributed by atoms with Crippen molar-refractivity contribution in [3.63, 3.8) is 0 Å². The van der Waals surface area contributed by atoms with E-state index in [0.29, 0.717) is 12.1 Å². The molecule has 0 amide bonds. The predicted molar refractivity (Wildman–Crippen MR) is 69.0 cm³/mol. The van der Waals surface area contributed by atoms with Crippen LogP contribution in [0.2, 0.25) is 0 Å². The van der Waals surface area contributed by atoms with Gasteiger partial charge in [-0.2, -0.15) is 0 Å². The second-order valence-electron chi connectivity index (χ2n) is 5.18. The Morgan fingerprint density at radius 2 is 1.80 bits per heavy atom. The highest BCUT2D eigenvalue weighted by Crippen LogP contribution is 2.15. The monoisotopic (exact) mass is 214 g/mol. The fourth-order valence-corrected chi connectivity index (χ4v) is 2.14. The standard InChI is InChI=1S/C13H30N2/c1-6-7-8-13(10-14)15(5)12(4)9-11(2)3/h11-13H,6-10,14H2,1-5H3. The van der Waals surface area contributed by atoms with Gasteiger partial charge in [0.15, 0.2) is 0 Å². The quantitative estimate of drug-likeness (QED) is 0.673. The zero-order valence-corrected chi connectivity index (χ0v) is 11.3. The molecule has 2 heteroatoms. The summed E-state index contributed by atoms with van der Waals surface area (Å²) in [5.41, 5.74) is 5.84. The fourth-order valence-electron chi connectivity index (χ4n) is 2.14. The van der Waals surface area contributed by atoms with Crippen LogP contribution in [-0.4, -0.2) is 30.6 Å². The Hall–Kier alpha value is -0.0800. The first-order valence-electron chi connectivity index (χ1n) is 6.44. The number of hydrogen-bond acceptors (Lipinski definition) is 2. The second-order valence-corrected chi connectivity index (χ2v) is 5.18. The van der Waals surface area contributed by atoms with E-state index < -0.39 is 0 Å². The highest BCUT2D eigenvalue weighted by atomic mass is 15.2. The number of nitrogens with zero attached hydrogens (tertiary/aromatic N) is 1. The summed E-state index contributed by atoms with van der Waals surface area (Å²) in [7, 11) is 2.22. The van der Waals surface area contributed by atoms with E-state index in [0.717, 1.165) is 12.5 Å². The Labute approximate surface area is 96.2 Å². The lowest BCUT2D eigenvalue weighted by Gasteiger charge is -2.33. The van der Waals surface area contributed by atoms with Gasteiger partial charge in [0.25, 0.3) is 0 Å². The lowest BCUT2D eigenvalue weighted by molar-refractivity contribution is 0.158. The van der Waals surface area contributed by atoms with Crippen LogP contribution in [0.3, 0.4) is 0 Å².